The minimum Gasteiger partial charge on any atom is -0.394 e. The highest BCUT2D eigenvalue weighted by atomic mass is 16.3. The Morgan fingerprint density at radius 3 is 3.00 bits per heavy atom. The molecule has 0 spiro atoms. The quantitative estimate of drug-likeness (QED) is 0.499. The number of hydrogen-bond acceptors (Lipinski definition) is 3. The van der Waals surface area contributed by atoms with Crippen molar-refractivity contribution in [2.45, 2.75) is 25.0 Å². The van der Waals surface area contributed by atoms with Crippen molar-refractivity contribution in [2.75, 3.05) is 6.61 Å². The van der Waals surface area contributed by atoms with Crippen LogP contribution in [0.15, 0.2) is 0 Å². The van der Waals surface area contributed by atoms with Crippen molar-refractivity contribution in [2.24, 2.45) is 0 Å². The van der Waals surface area contributed by atoms with Gasteiger partial charge in [0.05, 0.1) is 6.61 Å². The van der Waals surface area contributed by atoms with E-state index < -0.39 is 6.04 Å². The molecule has 2 rings (SSSR count). The molecule has 2 N–H and O–H groups in total. The van der Waals surface area contributed by atoms with Crippen LogP contribution in [0.5, 0.6) is 0 Å². The first-order valence-corrected chi connectivity index (χ1v) is 3.96. The molecule has 0 aromatic heterocycles. The average Bonchev–Trinajstić information content (AvgIpc) is 2.52. The summed E-state index contributed by atoms with van der Waals surface area (Å²) in [7, 11) is 0. The number of fused-ring (bicyclic) bond motifs is 1. The van der Waals surface area contributed by atoms with Crippen molar-refractivity contribution in [1.29, 1.82) is 0 Å². The highest BCUT2D eigenvalue weighted by molar-refractivity contribution is 5.92. The summed E-state index contributed by atoms with van der Waals surface area (Å²) < 4.78 is 0. The van der Waals surface area contributed by atoms with E-state index in [2.05, 4.69) is 5.32 Å². The Morgan fingerprint density at radius 2 is 2.33 bits per heavy atom. The lowest BCUT2D eigenvalue weighted by molar-refractivity contribution is -0.134. The maximum absolute atomic E-state index is 11.2. The van der Waals surface area contributed by atoms with E-state index in [1.54, 1.807) is 0 Å². The molecule has 0 aromatic carbocycles. The molecule has 66 valence electrons. The van der Waals surface area contributed by atoms with Gasteiger partial charge in [-0.05, 0) is 6.42 Å². The van der Waals surface area contributed by atoms with Gasteiger partial charge in [-0.1, -0.05) is 0 Å². The number of aliphatic hydroxyl groups is 1. The van der Waals surface area contributed by atoms with E-state index in [9.17, 15) is 9.59 Å². The number of aliphatic hydroxyl groups excluding tert-OH is 1. The molecular formula is C7H10N2O3. The Labute approximate surface area is 69.3 Å². The van der Waals surface area contributed by atoms with Crippen molar-refractivity contribution >= 4 is 11.8 Å². The van der Waals surface area contributed by atoms with E-state index >= 15 is 0 Å². The first kappa shape index (κ1) is 7.54. The molecule has 2 amide bonds. The summed E-state index contributed by atoms with van der Waals surface area (Å²) in [5.74, 6) is -0.284. The van der Waals surface area contributed by atoms with Gasteiger partial charge >= 0.3 is 0 Å². The van der Waals surface area contributed by atoms with Gasteiger partial charge in [0.15, 0.2) is 0 Å². The fraction of sp³-hybridized carbons (Fsp3) is 0.714. The van der Waals surface area contributed by atoms with Crippen LogP contribution in [0.3, 0.4) is 0 Å². The summed E-state index contributed by atoms with van der Waals surface area (Å²) in [5, 5.41) is 11.5. The largest absolute Gasteiger partial charge is 0.394 e. The molecule has 5 heteroatoms. The second-order valence-corrected chi connectivity index (χ2v) is 3.06. The Bertz CT molecular complexity index is 239. The zero-order valence-corrected chi connectivity index (χ0v) is 6.49. The fourth-order valence-electron chi connectivity index (χ4n) is 1.79. The van der Waals surface area contributed by atoms with Gasteiger partial charge in [0, 0.05) is 6.42 Å². The molecule has 2 saturated heterocycles. The molecule has 0 bridgehead atoms. The molecule has 0 aliphatic carbocycles. The second-order valence-electron chi connectivity index (χ2n) is 3.06. The summed E-state index contributed by atoms with van der Waals surface area (Å²) in [6.07, 6.45) is 0.977. The molecule has 2 aliphatic rings. The fourth-order valence-corrected chi connectivity index (χ4v) is 1.79. The Morgan fingerprint density at radius 1 is 1.58 bits per heavy atom. The van der Waals surface area contributed by atoms with Gasteiger partial charge in [-0.25, -0.2) is 0 Å². The van der Waals surface area contributed by atoms with Gasteiger partial charge in [-0.2, -0.15) is 0 Å². The summed E-state index contributed by atoms with van der Waals surface area (Å²) >= 11 is 0. The third-order valence-corrected chi connectivity index (χ3v) is 2.38. The van der Waals surface area contributed by atoms with Gasteiger partial charge in [0.2, 0.25) is 11.8 Å². The van der Waals surface area contributed by atoms with Crippen molar-refractivity contribution in [3.05, 3.63) is 0 Å². The lowest BCUT2D eigenvalue weighted by Gasteiger charge is -2.18. The van der Waals surface area contributed by atoms with Crippen LogP contribution in [0, 0.1) is 0 Å². The zero-order chi connectivity index (χ0) is 8.72. The second kappa shape index (κ2) is 2.45. The van der Waals surface area contributed by atoms with Gasteiger partial charge in [0.25, 0.3) is 0 Å². The number of nitrogens with zero attached hydrogens (tertiary/aromatic N) is 1. The van der Waals surface area contributed by atoms with Crippen LogP contribution in [0.4, 0.5) is 0 Å². The third kappa shape index (κ3) is 0.828. The number of rotatable bonds is 1. The van der Waals surface area contributed by atoms with Crippen LogP contribution in [-0.4, -0.2) is 40.6 Å². The predicted octanol–water partition coefficient (Wildman–Crippen LogP) is -1.57. The molecule has 0 aromatic rings. The van der Waals surface area contributed by atoms with Crippen LogP contribution in [0.25, 0.3) is 0 Å². The third-order valence-electron chi connectivity index (χ3n) is 2.38. The summed E-state index contributed by atoms with van der Waals surface area (Å²) in [6, 6.07) is -0.648. The minimum atomic E-state index is -0.648. The van der Waals surface area contributed by atoms with Crippen LogP contribution in [0.2, 0.25) is 0 Å². The van der Waals surface area contributed by atoms with E-state index in [0.29, 0.717) is 12.8 Å². The molecule has 5 nitrogen and oxygen atoms in total. The normalized spacial score (nSPS) is 33.9. The topological polar surface area (TPSA) is 69.6 Å². The number of nitrogens with one attached hydrogen (secondary N) is 1. The molecular weight excluding hydrogens is 160 g/mol. The Hall–Kier alpha value is -1.10. The standard InChI is InChI=1S/C7H10N2O3/c10-3-4-7(12)8-5-1-2-6(11)9(4)5/h4-5,10H,1-3H2,(H,8,12)/t4-,5-/m0/s1. The van der Waals surface area contributed by atoms with Crippen molar-refractivity contribution in [3.8, 4) is 0 Å². The van der Waals surface area contributed by atoms with Gasteiger partial charge in [-0.15, -0.1) is 0 Å². The maximum atomic E-state index is 11.2. The van der Waals surface area contributed by atoms with Crippen molar-refractivity contribution in [1.82, 2.24) is 10.2 Å². The summed E-state index contributed by atoms with van der Waals surface area (Å²) in [6.45, 7) is -0.284. The maximum Gasteiger partial charge on any atom is 0.246 e. The highest BCUT2D eigenvalue weighted by Gasteiger charge is 2.45. The van der Waals surface area contributed by atoms with Gasteiger partial charge in [-0.3, -0.25) is 9.59 Å². The zero-order valence-electron chi connectivity index (χ0n) is 6.49. The van der Waals surface area contributed by atoms with E-state index in [1.165, 1.54) is 4.90 Å². The molecule has 0 saturated carbocycles. The highest BCUT2D eigenvalue weighted by Crippen LogP contribution is 2.24. The lowest BCUT2D eigenvalue weighted by Crippen LogP contribution is -2.39. The summed E-state index contributed by atoms with van der Waals surface area (Å²) in [4.78, 5) is 23.7. The molecule has 0 unspecified atom stereocenters. The molecule has 2 atom stereocenters. The number of amides is 2. The first-order chi connectivity index (χ1) is 5.74. The predicted molar refractivity (Wildman–Crippen MR) is 38.9 cm³/mol. The molecule has 2 heterocycles. The van der Waals surface area contributed by atoms with Crippen LogP contribution >= 0.6 is 0 Å². The summed E-state index contributed by atoms with van der Waals surface area (Å²) in [5.41, 5.74) is 0. The number of hydrogen-bond donors (Lipinski definition) is 2. The van der Waals surface area contributed by atoms with E-state index in [0.717, 1.165) is 0 Å². The minimum absolute atomic E-state index is 0.0441. The molecule has 0 radical (unpaired) electrons. The average molecular weight is 170 g/mol. The molecule has 12 heavy (non-hydrogen) atoms. The number of carbonyl (C=O) groups excluding carboxylic acids is 2. The lowest BCUT2D eigenvalue weighted by atomic mass is 10.3. The SMILES string of the molecule is O=C1N[C@@H]2CCC(=O)N2[C@H]1CO. The molecule has 2 aliphatic heterocycles. The van der Waals surface area contributed by atoms with Gasteiger partial charge < -0.3 is 15.3 Å². The van der Waals surface area contributed by atoms with E-state index in [-0.39, 0.29) is 24.6 Å². The monoisotopic (exact) mass is 170 g/mol. The number of carbonyl (C=O) groups is 2. The van der Waals surface area contributed by atoms with Crippen LogP contribution < -0.4 is 5.32 Å². The first-order valence-electron chi connectivity index (χ1n) is 3.96. The molecule has 2 fully saturated rings. The van der Waals surface area contributed by atoms with Crippen molar-refractivity contribution in [3.63, 3.8) is 0 Å². The Kier molecular flexibility index (Phi) is 1.54. The Balaban J connectivity index is 2.23. The van der Waals surface area contributed by atoms with Gasteiger partial charge in [0.1, 0.15) is 12.2 Å². The smallest absolute Gasteiger partial charge is 0.246 e. The van der Waals surface area contributed by atoms with Crippen LogP contribution in [0.1, 0.15) is 12.8 Å². The van der Waals surface area contributed by atoms with E-state index in [1.807, 2.05) is 0 Å². The van der Waals surface area contributed by atoms with Crippen LogP contribution in [-0.2, 0) is 9.59 Å². The van der Waals surface area contributed by atoms with E-state index in [4.69, 9.17) is 5.11 Å². The van der Waals surface area contributed by atoms with Crippen molar-refractivity contribution < 1.29 is 14.7 Å².